The summed E-state index contributed by atoms with van der Waals surface area (Å²) in [5.41, 5.74) is 6.01. The van der Waals surface area contributed by atoms with E-state index in [0.717, 1.165) is 0 Å². The lowest BCUT2D eigenvalue weighted by Gasteiger charge is -2.11. The van der Waals surface area contributed by atoms with Crippen molar-refractivity contribution in [2.45, 2.75) is 0 Å². The number of para-hydroxylation sites is 1. The predicted molar refractivity (Wildman–Crippen MR) is 76.7 cm³/mol. The van der Waals surface area contributed by atoms with Crippen molar-refractivity contribution < 1.29 is 9.18 Å². The standard InChI is InChI=1S/C14H11FN2OS/c15-11-8-4-7-10(12(11)17-14(16)19)13(18)9-5-2-1-3-6-9/h1-8H,(H3,16,17,19). The van der Waals surface area contributed by atoms with Gasteiger partial charge in [-0.05, 0) is 24.4 Å². The highest BCUT2D eigenvalue weighted by molar-refractivity contribution is 7.80. The van der Waals surface area contributed by atoms with Crippen LogP contribution in [0.3, 0.4) is 0 Å². The molecule has 0 heterocycles. The molecule has 0 saturated carbocycles. The number of hydrogen-bond donors (Lipinski definition) is 2. The van der Waals surface area contributed by atoms with E-state index in [2.05, 4.69) is 17.5 Å². The molecule has 96 valence electrons. The summed E-state index contributed by atoms with van der Waals surface area (Å²) < 4.78 is 13.8. The zero-order valence-electron chi connectivity index (χ0n) is 9.89. The van der Waals surface area contributed by atoms with Gasteiger partial charge in [-0.15, -0.1) is 0 Å². The molecule has 0 aliphatic rings. The third kappa shape index (κ3) is 2.95. The molecule has 0 aromatic heterocycles. The molecule has 2 rings (SSSR count). The van der Waals surface area contributed by atoms with E-state index in [9.17, 15) is 9.18 Å². The molecule has 0 radical (unpaired) electrons. The Labute approximate surface area is 115 Å². The number of nitrogens with two attached hydrogens (primary N) is 1. The molecule has 5 heteroatoms. The summed E-state index contributed by atoms with van der Waals surface area (Å²) in [5, 5.41) is 2.42. The van der Waals surface area contributed by atoms with Crippen molar-refractivity contribution in [2.75, 3.05) is 5.32 Å². The molecular formula is C14H11FN2OS. The molecule has 0 atom stereocenters. The fraction of sp³-hybridized carbons (Fsp3) is 0. The summed E-state index contributed by atoms with van der Waals surface area (Å²) >= 11 is 4.69. The van der Waals surface area contributed by atoms with Gasteiger partial charge in [0.25, 0.3) is 0 Å². The van der Waals surface area contributed by atoms with Crippen LogP contribution in [0.25, 0.3) is 0 Å². The molecule has 3 nitrogen and oxygen atoms in total. The second-order valence-corrected chi connectivity index (χ2v) is 4.29. The van der Waals surface area contributed by atoms with Gasteiger partial charge in [-0.2, -0.15) is 0 Å². The topological polar surface area (TPSA) is 55.1 Å². The van der Waals surface area contributed by atoms with Crippen LogP contribution in [0.5, 0.6) is 0 Å². The van der Waals surface area contributed by atoms with E-state index in [1.54, 1.807) is 30.3 Å². The molecule has 0 fully saturated rings. The predicted octanol–water partition coefficient (Wildman–Crippen LogP) is 2.71. The number of halogens is 1. The first-order valence-corrected chi connectivity index (χ1v) is 5.95. The zero-order valence-corrected chi connectivity index (χ0v) is 10.7. The highest BCUT2D eigenvalue weighted by Crippen LogP contribution is 2.22. The van der Waals surface area contributed by atoms with Crippen molar-refractivity contribution in [2.24, 2.45) is 5.73 Å². The van der Waals surface area contributed by atoms with Crippen molar-refractivity contribution in [1.29, 1.82) is 0 Å². The lowest BCUT2D eigenvalue weighted by Crippen LogP contribution is -2.21. The molecule has 0 amide bonds. The number of ketones is 1. The largest absolute Gasteiger partial charge is 0.376 e. The van der Waals surface area contributed by atoms with Crippen LogP contribution in [0.15, 0.2) is 48.5 Å². The van der Waals surface area contributed by atoms with Crippen LogP contribution in [-0.2, 0) is 0 Å². The van der Waals surface area contributed by atoms with Gasteiger partial charge in [-0.25, -0.2) is 4.39 Å². The maximum Gasteiger partial charge on any atom is 0.195 e. The maximum absolute atomic E-state index is 13.8. The molecule has 19 heavy (non-hydrogen) atoms. The van der Waals surface area contributed by atoms with Crippen LogP contribution in [0.1, 0.15) is 15.9 Å². The number of anilines is 1. The van der Waals surface area contributed by atoms with Gasteiger partial charge < -0.3 is 11.1 Å². The lowest BCUT2D eigenvalue weighted by molar-refractivity contribution is 0.103. The Morgan fingerprint density at radius 2 is 1.79 bits per heavy atom. The SMILES string of the molecule is NC(=S)Nc1c(F)cccc1C(=O)c1ccccc1. The molecule has 0 bridgehead atoms. The quantitative estimate of drug-likeness (QED) is 0.667. The average Bonchev–Trinajstić information content (AvgIpc) is 2.41. The Kier molecular flexibility index (Phi) is 3.87. The molecule has 0 aliphatic carbocycles. The molecule has 0 spiro atoms. The maximum atomic E-state index is 13.8. The first kappa shape index (κ1) is 13.2. The van der Waals surface area contributed by atoms with E-state index >= 15 is 0 Å². The average molecular weight is 274 g/mol. The number of benzene rings is 2. The van der Waals surface area contributed by atoms with E-state index in [-0.39, 0.29) is 22.1 Å². The van der Waals surface area contributed by atoms with Crippen LogP contribution in [-0.4, -0.2) is 10.9 Å². The number of nitrogens with one attached hydrogen (secondary N) is 1. The smallest absolute Gasteiger partial charge is 0.195 e. The van der Waals surface area contributed by atoms with Crippen LogP contribution < -0.4 is 11.1 Å². The lowest BCUT2D eigenvalue weighted by atomic mass is 10.0. The summed E-state index contributed by atoms with van der Waals surface area (Å²) in [6.45, 7) is 0. The van der Waals surface area contributed by atoms with E-state index in [1.165, 1.54) is 18.2 Å². The van der Waals surface area contributed by atoms with Gasteiger partial charge in [-0.1, -0.05) is 36.4 Å². The van der Waals surface area contributed by atoms with E-state index in [4.69, 9.17) is 5.73 Å². The summed E-state index contributed by atoms with van der Waals surface area (Å²) in [7, 11) is 0. The van der Waals surface area contributed by atoms with E-state index < -0.39 is 5.82 Å². The Morgan fingerprint density at radius 3 is 2.42 bits per heavy atom. The summed E-state index contributed by atoms with van der Waals surface area (Å²) in [5.74, 6) is -0.867. The van der Waals surface area contributed by atoms with Crippen molar-refractivity contribution in [3.63, 3.8) is 0 Å². The second-order valence-electron chi connectivity index (χ2n) is 3.85. The van der Waals surface area contributed by atoms with Crippen molar-refractivity contribution in [3.8, 4) is 0 Å². The van der Waals surface area contributed by atoms with Crippen molar-refractivity contribution in [3.05, 3.63) is 65.5 Å². The fourth-order valence-corrected chi connectivity index (χ4v) is 1.81. The number of rotatable bonds is 3. The highest BCUT2D eigenvalue weighted by atomic mass is 32.1. The molecule has 0 unspecified atom stereocenters. The zero-order chi connectivity index (χ0) is 13.8. The number of thiocarbonyl (C=S) groups is 1. The van der Waals surface area contributed by atoms with Gasteiger partial charge in [0.15, 0.2) is 10.9 Å². The summed E-state index contributed by atoms with van der Waals surface area (Å²) in [4.78, 5) is 12.3. The van der Waals surface area contributed by atoms with Crippen LogP contribution >= 0.6 is 12.2 Å². The molecule has 0 aliphatic heterocycles. The summed E-state index contributed by atoms with van der Waals surface area (Å²) in [6.07, 6.45) is 0. The first-order chi connectivity index (χ1) is 9.09. The van der Waals surface area contributed by atoms with Gasteiger partial charge in [0.05, 0.1) is 5.69 Å². The Hall–Kier alpha value is -2.27. The Bertz CT molecular complexity index is 629. The minimum atomic E-state index is -0.574. The van der Waals surface area contributed by atoms with Gasteiger partial charge in [-0.3, -0.25) is 4.79 Å². The van der Waals surface area contributed by atoms with Gasteiger partial charge in [0.1, 0.15) is 5.82 Å². The third-order valence-corrected chi connectivity index (χ3v) is 2.64. The van der Waals surface area contributed by atoms with Crippen molar-refractivity contribution in [1.82, 2.24) is 0 Å². The molecule has 0 saturated heterocycles. The summed E-state index contributed by atoms with van der Waals surface area (Å²) in [6, 6.07) is 12.9. The van der Waals surface area contributed by atoms with E-state index in [1.807, 2.05) is 0 Å². The molecular weight excluding hydrogens is 263 g/mol. The van der Waals surface area contributed by atoms with E-state index in [0.29, 0.717) is 5.56 Å². The number of carbonyl (C=O) groups excluding carboxylic acids is 1. The van der Waals surface area contributed by atoms with Gasteiger partial charge in [0, 0.05) is 11.1 Å². The van der Waals surface area contributed by atoms with Crippen LogP contribution in [0, 0.1) is 5.82 Å². The van der Waals surface area contributed by atoms with Crippen molar-refractivity contribution >= 4 is 28.8 Å². The minimum Gasteiger partial charge on any atom is -0.376 e. The first-order valence-electron chi connectivity index (χ1n) is 5.54. The molecule has 2 aromatic carbocycles. The second kappa shape index (κ2) is 5.58. The van der Waals surface area contributed by atoms with Crippen LogP contribution in [0.4, 0.5) is 10.1 Å². The van der Waals surface area contributed by atoms with Gasteiger partial charge >= 0.3 is 0 Å². The Balaban J connectivity index is 2.48. The number of hydrogen-bond acceptors (Lipinski definition) is 2. The minimum absolute atomic E-state index is 0.00357. The third-order valence-electron chi connectivity index (χ3n) is 2.54. The monoisotopic (exact) mass is 274 g/mol. The Morgan fingerprint density at radius 1 is 1.11 bits per heavy atom. The van der Waals surface area contributed by atoms with Gasteiger partial charge in [0.2, 0.25) is 0 Å². The van der Waals surface area contributed by atoms with Crippen LogP contribution in [0.2, 0.25) is 0 Å². The molecule has 2 aromatic rings. The normalized spacial score (nSPS) is 9.95. The fourth-order valence-electron chi connectivity index (χ4n) is 1.71. The number of carbonyl (C=O) groups is 1. The molecule has 3 N–H and O–H groups in total. The highest BCUT2D eigenvalue weighted by Gasteiger charge is 2.16.